The molecule has 1 rings (SSSR count). The largest absolute Gasteiger partial charge is 0.481 e. The van der Waals surface area contributed by atoms with Crippen molar-refractivity contribution in [3.8, 4) is 0 Å². The molecule has 0 radical (unpaired) electrons. The number of rotatable bonds is 6. The second-order valence-electron chi connectivity index (χ2n) is 6.74. The number of nitrogens with two attached hydrogens (primary N) is 2. The number of carbonyl (C=O) groups excluding carboxylic acids is 2. The van der Waals surface area contributed by atoms with Crippen LogP contribution in [-0.4, -0.2) is 60.9 Å². The molecule has 134 valence electrons. The van der Waals surface area contributed by atoms with Gasteiger partial charge in [-0.05, 0) is 34.6 Å². The van der Waals surface area contributed by atoms with Crippen molar-refractivity contribution in [2.24, 2.45) is 11.5 Å². The van der Waals surface area contributed by atoms with Crippen molar-refractivity contribution in [1.82, 2.24) is 4.90 Å². The van der Waals surface area contributed by atoms with E-state index in [9.17, 15) is 14.4 Å². The van der Waals surface area contributed by atoms with Crippen molar-refractivity contribution in [3.05, 3.63) is 0 Å². The molecule has 1 aliphatic rings. The topological polar surface area (TPSA) is 158 Å². The van der Waals surface area contributed by atoms with E-state index in [-0.39, 0.29) is 21.0 Å². The molecule has 0 aromatic heterocycles. The first-order valence-corrected chi connectivity index (χ1v) is 7.92. The summed E-state index contributed by atoms with van der Waals surface area (Å²) in [7, 11) is 0. The molecule has 0 aromatic carbocycles. The second-order valence-corrected chi connectivity index (χ2v) is 9.05. The molecule has 0 bridgehead atoms. The van der Waals surface area contributed by atoms with Crippen molar-refractivity contribution < 1.29 is 25.0 Å². The molecule has 1 saturated heterocycles. The molecule has 7 N–H and O–H groups in total. The molecule has 9 heteroatoms. The Morgan fingerprint density at radius 3 is 1.96 bits per heavy atom. The van der Waals surface area contributed by atoms with Gasteiger partial charge in [0.25, 0.3) is 0 Å². The number of nitrogens with zero attached hydrogens (tertiary/aromatic N) is 1. The summed E-state index contributed by atoms with van der Waals surface area (Å²) in [6, 6.07) is -2.31. The Bertz CT molecular complexity index is 481. The number of thioether (sulfide) groups is 1. The lowest BCUT2D eigenvalue weighted by Gasteiger charge is -2.61. The van der Waals surface area contributed by atoms with Crippen molar-refractivity contribution in [2.45, 2.75) is 68.7 Å². The monoisotopic (exact) mass is 349 g/mol. The highest BCUT2D eigenvalue weighted by atomic mass is 32.2. The molecular weight excluding hydrogens is 322 g/mol. The average Bonchev–Trinajstić information content (AvgIpc) is 2.31. The van der Waals surface area contributed by atoms with Gasteiger partial charge in [0.05, 0.1) is 18.5 Å². The molecule has 23 heavy (non-hydrogen) atoms. The standard InChI is InChI=1S/C14H25N3O4S.H2O/c1-7(10(16)20)17(11(21)8(15)6-9(18)19)12-13(2,3)22-14(12,4)5;/h7-8,12H,6,15H2,1-5H3,(H2,16,20)(H,18,19);1H2/t7-,8+;/m1./s1. The second kappa shape index (κ2) is 7.06. The Labute approximate surface area is 140 Å². The van der Waals surface area contributed by atoms with Crippen LogP contribution in [0.1, 0.15) is 41.0 Å². The van der Waals surface area contributed by atoms with E-state index >= 15 is 0 Å². The molecule has 0 spiro atoms. The van der Waals surface area contributed by atoms with Crippen LogP contribution in [0.4, 0.5) is 0 Å². The number of hydrogen-bond donors (Lipinski definition) is 3. The zero-order valence-corrected chi connectivity index (χ0v) is 14.9. The zero-order valence-electron chi connectivity index (χ0n) is 14.1. The predicted octanol–water partition coefficient (Wildman–Crippen LogP) is -0.661. The maximum atomic E-state index is 12.7. The van der Waals surface area contributed by atoms with Gasteiger partial charge in [0.15, 0.2) is 0 Å². The minimum atomic E-state index is -1.20. The third kappa shape index (κ3) is 4.36. The summed E-state index contributed by atoms with van der Waals surface area (Å²) < 4.78 is -0.544. The lowest BCUT2D eigenvalue weighted by molar-refractivity contribution is -0.147. The van der Waals surface area contributed by atoms with Gasteiger partial charge in [0.2, 0.25) is 11.8 Å². The number of carboxylic acids is 1. The molecule has 0 saturated carbocycles. The quantitative estimate of drug-likeness (QED) is 0.577. The smallest absolute Gasteiger partial charge is 0.305 e. The highest BCUT2D eigenvalue weighted by Gasteiger charge is 2.59. The van der Waals surface area contributed by atoms with E-state index in [0.29, 0.717) is 0 Å². The van der Waals surface area contributed by atoms with Crippen molar-refractivity contribution >= 4 is 29.5 Å². The van der Waals surface area contributed by atoms with Crippen molar-refractivity contribution in [2.75, 3.05) is 0 Å². The van der Waals surface area contributed by atoms with Gasteiger partial charge in [-0.25, -0.2) is 0 Å². The van der Waals surface area contributed by atoms with Crippen molar-refractivity contribution in [3.63, 3.8) is 0 Å². The number of carboxylic acid groups (broad SMARTS) is 1. The van der Waals surface area contributed by atoms with Gasteiger partial charge in [0.1, 0.15) is 6.04 Å². The molecule has 0 aromatic rings. The summed E-state index contributed by atoms with van der Waals surface area (Å²) in [4.78, 5) is 36.5. The minimum Gasteiger partial charge on any atom is -0.481 e. The summed E-state index contributed by atoms with van der Waals surface area (Å²) in [6.45, 7) is 9.45. The van der Waals surface area contributed by atoms with E-state index in [1.165, 1.54) is 4.90 Å². The molecule has 1 aliphatic heterocycles. The van der Waals surface area contributed by atoms with E-state index in [0.717, 1.165) is 0 Å². The summed E-state index contributed by atoms with van der Waals surface area (Å²) in [5.41, 5.74) is 11.1. The highest BCUT2D eigenvalue weighted by Crippen LogP contribution is 2.57. The van der Waals surface area contributed by atoms with Gasteiger partial charge < -0.3 is 26.9 Å². The molecule has 2 atom stereocenters. The number of amides is 2. The molecule has 2 amide bonds. The van der Waals surface area contributed by atoms with Gasteiger partial charge in [-0.15, -0.1) is 11.8 Å². The van der Waals surface area contributed by atoms with Crippen LogP contribution in [0, 0.1) is 0 Å². The van der Waals surface area contributed by atoms with Crippen LogP contribution in [0.3, 0.4) is 0 Å². The Balaban J connectivity index is 0.00000484. The van der Waals surface area contributed by atoms with Crippen LogP contribution >= 0.6 is 11.8 Å². The first-order chi connectivity index (χ1) is 9.81. The number of aliphatic carboxylic acids is 1. The number of primary amides is 1. The van der Waals surface area contributed by atoms with Crippen LogP contribution < -0.4 is 11.5 Å². The molecular formula is C14H27N3O5S. The van der Waals surface area contributed by atoms with Crippen LogP contribution in [0.15, 0.2) is 0 Å². The maximum Gasteiger partial charge on any atom is 0.305 e. The van der Waals surface area contributed by atoms with Gasteiger partial charge >= 0.3 is 5.97 Å². The fourth-order valence-electron chi connectivity index (χ4n) is 3.38. The van der Waals surface area contributed by atoms with Gasteiger partial charge in [-0.1, -0.05) is 0 Å². The first-order valence-electron chi connectivity index (χ1n) is 7.10. The predicted molar refractivity (Wildman–Crippen MR) is 88.9 cm³/mol. The lowest BCUT2D eigenvalue weighted by atomic mass is 9.86. The SMILES string of the molecule is C[C@H](C(N)=O)N(C(=O)[C@@H](N)CC(=O)O)C1C(C)(C)SC1(C)C.O. The fourth-order valence-corrected chi connectivity index (χ4v) is 5.59. The van der Waals surface area contributed by atoms with Crippen LogP contribution in [0.2, 0.25) is 0 Å². The fraction of sp³-hybridized carbons (Fsp3) is 0.786. The Morgan fingerprint density at radius 2 is 1.65 bits per heavy atom. The zero-order chi connectivity index (χ0) is 17.5. The Hall–Kier alpha value is -1.32. The number of carbonyl (C=O) groups is 3. The van der Waals surface area contributed by atoms with E-state index in [4.69, 9.17) is 16.6 Å². The summed E-state index contributed by atoms with van der Waals surface area (Å²) in [5.74, 6) is -2.35. The van der Waals surface area contributed by atoms with Crippen LogP contribution in [0.5, 0.6) is 0 Å². The summed E-state index contributed by atoms with van der Waals surface area (Å²) >= 11 is 1.69. The van der Waals surface area contributed by atoms with Crippen LogP contribution in [-0.2, 0) is 14.4 Å². The molecule has 1 fully saturated rings. The molecule has 8 nitrogen and oxygen atoms in total. The van der Waals surface area contributed by atoms with E-state index < -0.39 is 36.3 Å². The van der Waals surface area contributed by atoms with Crippen molar-refractivity contribution in [1.29, 1.82) is 0 Å². The maximum absolute atomic E-state index is 12.7. The van der Waals surface area contributed by atoms with E-state index in [1.807, 2.05) is 27.7 Å². The minimum absolute atomic E-state index is 0. The lowest BCUT2D eigenvalue weighted by Crippen LogP contribution is -2.72. The summed E-state index contributed by atoms with van der Waals surface area (Å²) in [6.07, 6.45) is -0.485. The molecule has 1 heterocycles. The van der Waals surface area contributed by atoms with Gasteiger partial charge in [-0.2, -0.15) is 0 Å². The van der Waals surface area contributed by atoms with Crippen LogP contribution in [0.25, 0.3) is 0 Å². The third-order valence-electron chi connectivity index (χ3n) is 3.92. The summed E-state index contributed by atoms with van der Waals surface area (Å²) in [5, 5.41) is 8.83. The molecule has 0 unspecified atom stereocenters. The van der Waals surface area contributed by atoms with Gasteiger partial charge in [-0.3, -0.25) is 14.4 Å². The normalized spacial score (nSPS) is 21.3. The van der Waals surface area contributed by atoms with Gasteiger partial charge in [0, 0.05) is 9.49 Å². The van der Waals surface area contributed by atoms with E-state index in [1.54, 1.807) is 18.7 Å². The first kappa shape index (κ1) is 21.7. The number of hydrogen-bond acceptors (Lipinski definition) is 5. The van der Waals surface area contributed by atoms with E-state index in [2.05, 4.69) is 0 Å². The Morgan fingerprint density at radius 1 is 1.22 bits per heavy atom. The third-order valence-corrected chi connectivity index (χ3v) is 5.42. The molecule has 0 aliphatic carbocycles. The highest BCUT2D eigenvalue weighted by molar-refractivity contribution is 8.03. The Kier molecular flexibility index (Phi) is 6.66. The average molecular weight is 349 g/mol.